The highest BCUT2D eigenvalue weighted by Gasteiger charge is 2.51. The second kappa shape index (κ2) is 5.30. The van der Waals surface area contributed by atoms with Crippen LogP contribution in [0.25, 0.3) is 0 Å². The van der Waals surface area contributed by atoms with E-state index in [4.69, 9.17) is 11.6 Å². The molecule has 114 valence electrons. The van der Waals surface area contributed by atoms with Gasteiger partial charge in [0.15, 0.2) is 0 Å². The monoisotopic (exact) mass is 302 g/mol. The highest BCUT2D eigenvalue weighted by molar-refractivity contribution is 6.20. The maximum Gasteiger partial charge on any atom is 0.0381 e. The van der Waals surface area contributed by atoms with Crippen molar-refractivity contribution in [3.05, 3.63) is 35.4 Å². The summed E-state index contributed by atoms with van der Waals surface area (Å²) in [6.07, 6.45) is 11.3. The van der Waals surface area contributed by atoms with E-state index in [-0.39, 0.29) is 0 Å². The summed E-state index contributed by atoms with van der Waals surface area (Å²) in [6, 6.07) is 8.74. The Bertz CT molecular complexity index is 483. The van der Waals surface area contributed by atoms with Crippen molar-refractivity contribution in [2.75, 3.05) is 0 Å². The van der Waals surface area contributed by atoms with Gasteiger partial charge in [-0.05, 0) is 92.6 Å². The van der Waals surface area contributed by atoms with Crippen molar-refractivity contribution in [3.8, 4) is 0 Å². The summed E-state index contributed by atoms with van der Waals surface area (Å²) in [5, 5.41) is 0.322. The Morgan fingerprint density at radius 1 is 1.05 bits per heavy atom. The maximum atomic E-state index is 6.82. The van der Waals surface area contributed by atoms with Crippen LogP contribution < -0.4 is 0 Å². The van der Waals surface area contributed by atoms with E-state index in [0.717, 1.165) is 24.2 Å². The number of benzene rings is 1. The highest BCUT2D eigenvalue weighted by Crippen LogP contribution is 2.61. The minimum Gasteiger partial charge on any atom is -0.123 e. The Labute approximate surface area is 134 Å². The van der Waals surface area contributed by atoms with Gasteiger partial charge in [0, 0.05) is 5.38 Å². The van der Waals surface area contributed by atoms with Gasteiger partial charge < -0.3 is 0 Å². The molecule has 1 heteroatoms. The molecule has 4 bridgehead atoms. The molecule has 5 rings (SSSR count). The summed E-state index contributed by atoms with van der Waals surface area (Å²) in [6.45, 7) is 2.21. The molecular formula is C20H27Cl. The number of hydrogen-bond donors (Lipinski definition) is 0. The zero-order valence-corrected chi connectivity index (χ0v) is 13.9. The van der Waals surface area contributed by atoms with Crippen molar-refractivity contribution >= 4 is 11.6 Å². The fourth-order valence-corrected chi connectivity index (χ4v) is 6.65. The van der Waals surface area contributed by atoms with Crippen molar-refractivity contribution in [3.63, 3.8) is 0 Å². The predicted molar refractivity (Wildman–Crippen MR) is 89.7 cm³/mol. The fourth-order valence-electron chi connectivity index (χ4n) is 6.16. The quantitative estimate of drug-likeness (QED) is 0.621. The topological polar surface area (TPSA) is 0 Å². The van der Waals surface area contributed by atoms with E-state index in [1.165, 1.54) is 56.1 Å². The molecule has 4 saturated carbocycles. The third-order valence-electron chi connectivity index (χ3n) is 6.52. The molecule has 4 fully saturated rings. The number of hydrogen-bond acceptors (Lipinski definition) is 0. The van der Waals surface area contributed by atoms with Crippen molar-refractivity contribution in [2.24, 2.45) is 23.2 Å². The summed E-state index contributed by atoms with van der Waals surface area (Å²) in [7, 11) is 0. The van der Waals surface area contributed by atoms with Gasteiger partial charge in [-0.1, -0.05) is 24.3 Å². The van der Waals surface area contributed by atoms with Crippen LogP contribution in [-0.2, 0) is 6.42 Å². The van der Waals surface area contributed by atoms with E-state index < -0.39 is 0 Å². The van der Waals surface area contributed by atoms with Crippen LogP contribution in [0.1, 0.15) is 56.1 Å². The summed E-state index contributed by atoms with van der Waals surface area (Å²) in [5.41, 5.74) is 3.46. The van der Waals surface area contributed by atoms with E-state index >= 15 is 0 Å². The van der Waals surface area contributed by atoms with Crippen LogP contribution in [0.5, 0.6) is 0 Å². The summed E-state index contributed by atoms with van der Waals surface area (Å²) in [5.74, 6) is 3.12. The van der Waals surface area contributed by atoms with E-state index in [1.807, 2.05) is 0 Å². The molecule has 0 aromatic heterocycles. The molecule has 0 saturated heterocycles. The number of alkyl halides is 1. The van der Waals surface area contributed by atoms with Crippen LogP contribution in [0.15, 0.2) is 24.3 Å². The van der Waals surface area contributed by atoms with Crippen LogP contribution in [0.4, 0.5) is 0 Å². The molecule has 0 nitrogen and oxygen atoms in total. The largest absolute Gasteiger partial charge is 0.123 e. The molecule has 1 atom stereocenters. The van der Waals surface area contributed by atoms with Crippen molar-refractivity contribution in [1.82, 2.24) is 0 Å². The average Bonchev–Trinajstić information content (AvgIpc) is 2.39. The lowest BCUT2D eigenvalue weighted by atomic mass is 9.48. The van der Waals surface area contributed by atoms with Gasteiger partial charge in [0.05, 0.1) is 0 Å². The molecule has 1 aromatic carbocycles. The second-order valence-electron chi connectivity index (χ2n) is 8.35. The third kappa shape index (κ3) is 2.77. The fraction of sp³-hybridized carbons (Fsp3) is 0.700. The Morgan fingerprint density at radius 3 is 2.19 bits per heavy atom. The number of halogens is 1. The van der Waals surface area contributed by atoms with E-state index in [0.29, 0.717) is 10.8 Å². The molecule has 1 aromatic rings. The van der Waals surface area contributed by atoms with Gasteiger partial charge in [-0.15, -0.1) is 11.6 Å². The number of rotatable bonds is 4. The average molecular weight is 303 g/mol. The summed E-state index contributed by atoms with van der Waals surface area (Å²) in [4.78, 5) is 0. The van der Waals surface area contributed by atoms with Gasteiger partial charge in [-0.3, -0.25) is 0 Å². The minimum absolute atomic E-state index is 0.322. The van der Waals surface area contributed by atoms with Crippen LogP contribution in [0.3, 0.4) is 0 Å². The summed E-state index contributed by atoms with van der Waals surface area (Å²) >= 11 is 6.82. The van der Waals surface area contributed by atoms with Gasteiger partial charge in [0.25, 0.3) is 0 Å². The van der Waals surface area contributed by atoms with Gasteiger partial charge in [0.1, 0.15) is 0 Å². The number of aryl methyl sites for hydroxylation is 1. The van der Waals surface area contributed by atoms with E-state index in [1.54, 1.807) is 0 Å². The Balaban J connectivity index is 1.45. The lowest BCUT2D eigenvalue weighted by Crippen LogP contribution is -2.47. The van der Waals surface area contributed by atoms with Crippen LogP contribution in [0.2, 0.25) is 0 Å². The highest BCUT2D eigenvalue weighted by atomic mass is 35.5. The van der Waals surface area contributed by atoms with Crippen LogP contribution >= 0.6 is 11.6 Å². The molecule has 0 aliphatic heterocycles. The zero-order chi connectivity index (χ0) is 14.4. The molecule has 4 aliphatic carbocycles. The predicted octanol–water partition coefficient (Wildman–Crippen LogP) is 5.75. The lowest BCUT2D eigenvalue weighted by molar-refractivity contribution is -0.0574. The van der Waals surface area contributed by atoms with E-state index in [2.05, 4.69) is 31.2 Å². The molecule has 21 heavy (non-hydrogen) atoms. The van der Waals surface area contributed by atoms with Crippen molar-refractivity contribution < 1.29 is 0 Å². The lowest BCUT2D eigenvalue weighted by Gasteiger charge is -2.57. The molecule has 0 heterocycles. The first-order chi connectivity index (χ1) is 10.1. The molecule has 0 radical (unpaired) electrons. The molecule has 0 amide bonds. The summed E-state index contributed by atoms with van der Waals surface area (Å²) < 4.78 is 0. The van der Waals surface area contributed by atoms with Gasteiger partial charge in [-0.25, -0.2) is 0 Å². The van der Waals surface area contributed by atoms with Gasteiger partial charge in [0.2, 0.25) is 0 Å². The molecular weight excluding hydrogens is 276 g/mol. The van der Waals surface area contributed by atoms with Gasteiger partial charge >= 0.3 is 0 Å². The molecule has 0 N–H and O–H groups in total. The second-order valence-corrected chi connectivity index (χ2v) is 8.97. The first-order valence-corrected chi connectivity index (χ1v) is 9.24. The zero-order valence-electron chi connectivity index (χ0n) is 13.2. The van der Waals surface area contributed by atoms with Crippen molar-refractivity contribution in [1.29, 1.82) is 0 Å². The Morgan fingerprint density at radius 2 is 1.62 bits per heavy atom. The maximum absolute atomic E-state index is 6.82. The Hall–Kier alpha value is -0.490. The first kappa shape index (κ1) is 14.1. The SMILES string of the molecule is Cc1ccccc1CC(Cl)CC12CC3CC(CC(C3)C1)C2. The van der Waals surface area contributed by atoms with Crippen LogP contribution in [-0.4, -0.2) is 5.38 Å². The Kier molecular flexibility index (Phi) is 3.57. The standard InChI is InChI=1S/C20H27Cl/c1-14-4-2-3-5-18(14)9-19(21)13-20-10-15-6-16(11-20)8-17(7-15)12-20/h2-5,15-17,19H,6-13H2,1H3. The van der Waals surface area contributed by atoms with Crippen LogP contribution in [0, 0.1) is 30.1 Å². The molecule has 4 aliphatic rings. The third-order valence-corrected chi connectivity index (χ3v) is 6.83. The van der Waals surface area contributed by atoms with Crippen molar-refractivity contribution in [2.45, 2.75) is 63.7 Å². The normalized spacial score (nSPS) is 38.7. The smallest absolute Gasteiger partial charge is 0.0381 e. The van der Waals surface area contributed by atoms with E-state index in [9.17, 15) is 0 Å². The molecule has 1 unspecified atom stereocenters. The molecule has 0 spiro atoms. The minimum atomic E-state index is 0.322. The first-order valence-electron chi connectivity index (χ1n) is 8.80. The van der Waals surface area contributed by atoms with Gasteiger partial charge in [-0.2, -0.15) is 0 Å².